The van der Waals surface area contributed by atoms with Gasteiger partial charge in [0.15, 0.2) is 6.61 Å². The Kier molecular flexibility index (Phi) is 4.02. The van der Waals surface area contributed by atoms with Crippen LogP contribution in [-0.2, 0) is 11.3 Å². The highest BCUT2D eigenvalue weighted by molar-refractivity contribution is 9.10. The van der Waals surface area contributed by atoms with Crippen molar-refractivity contribution in [1.29, 1.82) is 0 Å². The molecule has 0 atom stereocenters. The third-order valence-electron chi connectivity index (χ3n) is 2.55. The second-order valence-electron chi connectivity index (χ2n) is 4.07. The number of hydrogen-bond acceptors (Lipinski definition) is 3. The number of carboxylic acid groups (broad SMARTS) is 1. The van der Waals surface area contributed by atoms with Crippen molar-refractivity contribution in [3.05, 3.63) is 28.2 Å². The predicted molar refractivity (Wildman–Crippen MR) is 67.1 cm³/mol. The fourth-order valence-electron chi connectivity index (χ4n) is 1.49. The Morgan fingerprint density at radius 1 is 1.53 bits per heavy atom. The van der Waals surface area contributed by atoms with E-state index in [0.717, 1.165) is 16.6 Å². The van der Waals surface area contributed by atoms with Gasteiger partial charge in [-0.1, -0.05) is 12.1 Å². The maximum Gasteiger partial charge on any atom is 0.341 e. The predicted octanol–water partition coefficient (Wildman–Crippen LogP) is 2.16. The lowest BCUT2D eigenvalue weighted by molar-refractivity contribution is -0.139. The minimum atomic E-state index is -0.974. The van der Waals surface area contributed by atoms with E-state index in [1.54, 1.807) is 6.07 Å². The van der Waals surface area contributed by atoms with E-state index in [9.17, 15) is 4.79 Å². The molecule has 0 heterocycles. The molecule has 2 rings (SSSR count). The van der Waals surface area contributed by atoms with Crippen LogP contribution in [0.4, 0.5) is 0 Å². The first-order valence-corrected chi connectivity index (χ1v) is 6.31. The number of benzene rings is 1. The van der Waals surface area contributed by atoms with Crippen molar-refractivity contribution < 1.29 is 14.6 Å². The summed E-state index contributed by atoms with van der Waals surface area (Å²) in [6.07, 6.45) is 2.49. The molecule has 4 nitrogen and oxygen atoms in total. The molecular formula is C12H14BrNO3. The molecule has 1 aliphatic carbocycles. The summed E-state index contributed by atoms with van der Waals surface area (Å²) in [5.74, 6) is -0.402. The van der Waals surface area contributed by atoms with E-state index in [4.69, 9.17) is 9.84 Å². The second-order valence-corrected chi connectivity index (χ2v) is 4.86. The molecule has 92 valence electrons. The lowest BCUT2D eigenvalue weighted by Gasteiger charge is -2.10. The second kappa shape index (κ2) is 5.51. The normalized spacial score (nSPS) is 14.6. The molecule has 0 bridgehead atoms. The molecule has 0 unspecified atom stereocenters. The molecule has 5 heteroatoms. The zero-order valence-electron chi connectivity index (χ0n) is 9.28. The number of halogens is 1. The average molecular weight is 300 g/mol. The first-order valence-electron chi connectivity index (χ1n) is 5.52. The van der Waals surface area contributed by atoms with E-state index >= 15 is 0 Å². The Hall–Kier alpha value is -1.07. The molecule has 17 heavy (non-hydrogen) atoms. The Morgan fingerprint density at radius 3 is 2.94 bits per heavy atom. The number of rotatable bonds is 6. The smallest absolute Gasteiger partial charge is 0.341 e. The van der Waals surface area contributed by atoms with Gasteiger partial charge in [0.2, 0.25) is 0 Å². The number of aliphatic carboxylic acids is 1. The van der Waals surface area contributed by atoms with Crippen molar-refractivity contribution in [3.63, 3.8) is 0 Å². The van der Waals surface area contributed by atoms with Gasteiger partial charge in [-0.3, -0.25) is 0 Å². The maximum absolute atomic E-state index is 10.4. The monoisotopic (exact) mass is 299 g/mol. The van der Waals surface area contributed by atoms with Crippen LogP contribution in [0.15, 0.2) is 22.7 Å². The lowest BCUT2D eigenvalue weighted by atomic mass is 10.2. The Bertz CT molecular complexity index is 418. The van der Waals surface area contributed by atoms with Gasteiger partial charge < -0.3 is 15.2 Å². The third-order valence-corrected chi connectivity index (χ3v) is 3.45. The Morgan fingerprint density at radius 2 is 2.29 bits per heavy atom. The summed E-state index contributed by atoms with van der Waals surface area (Å²) in [7, 11) is 0. The third kappa shape index (κ3) is 3.71. The van der Waals surface area contributed by atoms with Crippen molar-refractivity contribution in [2.45, 2.75) is 25.4 Å². The summed E-state index contributed by atoms with van der Waals surface area (Å²) in [5, 5.41) is 12.0. The first kappa shape index (κ1) is 12.4. The largest absolute Gasteiger partial charge is 0.481 e. The molecule has 1 aromatic rings. The van der Waals surface area contributed by atoms with Gasteiger partial charge in [0.1, 0.15) is 5.75 Å². The zero-order chi connectivity index (χ0) is 12.3. The standard InChI is InChI=1S/C12H14BrNO3/c13-12-8(6-14-9-4-5-9)2-1-3-10(12)17-7-11(15)16/h1-3,9,14H,4-7H2,(H,15,16). The van der Waals surface area contributed by atoms with Crippen LogP contribution < -0.4 is 10.1 Å². The van der Waals surface area contributed by atoms with E-state index in [-0.39, 0.29) is 6.61 Å². The number of carboxylic acids is 1. The van der Waals surface area contributed by atoms with Gasteiger partial charge in [-0.05, 0) is 40.4 Å². The molecule has 0 radical (unpaired) electrons. The van der Waals surface area contributed by atoms with Crippen LogP contribution in [-0.4, -0.2) is 23.7 Å². The van der Waals surface area contributed by atoms with Gasteiger partial charge in [0.05, 0.1) is 4.47 Å². The van der Waals surface area contributed by atoms with E-state index < -0.39 is 5.97 Å². The molecule has 0 spiro atoms. The fourth-order valence-corrected chi connectivity index (χ4v) is 2.00. The number of carbonyl (C=O) groups is 1. The van der Waals surface area contributed by atoms with E-state index in [2.05, 4.69) is 21.2 Å². The van der Waals surface area contributed by atoms with Crippen molar-refractivity contribution in [3.8, 4) is 5.75 Å². The highest BCUT2D eigenvalue weighted by Crippen LogP contribution is 2.29. The van der Waals surface area contributed by atoms with E-state index in [0.29, 0.717) is 11.8 Å². The first-order chi connectivity index (χ1) is 8.16. The van der Waals surface area contributed by atoms with Crippen molar-refractivity contribution in [2.75, 3.05) is 6.61 Å². The minimum Gasteiger partial charge on any atom is -0.481 e. The zero-order valence-corrected chi connectivity index (χ0v) is 10.9. The lowest BCUT2D eigenvalue weighted by Crippen LogP contribution is -2.16. The van der Waals surface area contributed by atoms with Gasteiger partial charge >= 0.3 is 5.97 Å². The van der Waals surface area contributed by atoms with Gasteiger partial charge in [-0.2, -0.15) is 0 Å². The van der Waals surface area contributed by atoms with Crippen LogP contribution in [0.25, 0.3) is 0 Å². The maximum atomic E-state index is 10.4. The van der Waals surface area contributed by atoms with Crippen LogP contribution in [0.5, 0.6) is 5.75 Å². The number of hydrogen-bond donors (Lipinski definition) is 2. The van der Waals surface area contributed by atoms with Crippen LogP contribution in [0.2, 0.25) is 0 Å². The highest BCUT2D eigenvalue weighted by atomic mass is 79.9. The molecular weight excluding hydrogens is 286 g/mol. The summed E-state index contributed by atoms with van der Waals surface area (Å²) in [5.41, 5.74) is 1.08. The van der Waals surface area contributed by atoms with Gasteiger partial charge in [-0.15, -0.1) is 0 Å². The molecule has 0 aromatic heterocycles. The molecule has 0 saturated heterocycles. The number of nitrogens with one attached hydrogen (secondary N) is 1. The van der Waals surface area contributed by atoms with Crippen LogP contribution in [0.1, 0.15) is 18.4 Å². The molecule has 1 aromatic carbocycles. The quantitative estimate of drug-likeness (QED) is 0.845. The SMILES string of the molecule is O=C(O)COc1cccc(CNC2CC2)c1Br. The molecule has 1 saturated carbocycles. The summed E-state index contributed by atoms with van der Waals surface area (Å²) in [4.78, 5) is 10.4. The number of ether oxygens (including phenoxy) is 1. The van der Waals surface area contributed by atoms with E-state index in [1.807, 2.05) is 12.1 Å². The van der Waals surface area contributed by atoms with Crippen molar-refractivity contribution >= 4 is 21.9 Å². The fraction of sp³-hybridized carbons (Fsp3) is 0.417. The van der Waals surface area contributed by atoms with Gasteiger partial charge in [-0.25, -0.2) is 4.79 Å². The molecule has 1 fully saturated rings. The minimum absolute atomic E-state index is 0.321. The Balaban J connectivity index is 2.00. The van der Waals surface area contributed by atoms with Crippen LogP contribution in [0, 0.1) is 0 Å². The summed E-state index contributed by atoms with van der Waals surface area (Å²) < 4.78 is 6.02. The van der Waals surface area contributed by atoms with Crippen LogP contribution in [0.3, 0.4) is 0 Å². The summed E-state index contributed by atoms with van der Waals surface area (Å²) in [6.45, 7) is 0.452. The molecule has 1 aliphatic rings. The van der Waals surface area contributed by atoms with E-state index in [1.165, 1.54) is 12.8 Å². The van der Waals surface area contributed by atoms with Crippen molar-refractivity contribution in [1.82, 2.24) is 5.32 Å². The van der Waals surface area contributed by atoms with Crippen molar-refractivity contribution in [2.24, 2.45) is 0 Å². The summed E-state index contributed by atoms with van der Waals surface area (Å²) in [6, 6.07) is 6.26. The molecule has 0 aliphatic heterocycles. The highest BCUT2D eigenvalue weighted by Gasteiger charge is 2.20. The van der Waals surface area contributed by atoms with Gasteiger partial charge in [0, 0.05) is 12.6 Å². The van der Waals surface area contributed by atoms with Crippen LogP contribution >= 0.6 is 15.9 Å². The van der Waals surface area contributed by atoms with Gasteiger partial charge in [0.25, 0.3) is 0 Å². The average Bonchev–Trinajstić information content (AvgIpc) is 3.10. The molecule has 2 N–H and O–H groups in total. The molecule has 0 amide bonds. The topological polar surface area (TPSA) is 58.6 Å². The summed E-state index contributed by atoms with van der Waals surface area (Å²) >= 11 is 3.44. The Labute approximate surface area is 108 Å².